The molecule has 9 heteroatoms. The van der Waals surface area contributed by atoms with Crippen LogP contribution in [0.4, 0.5) is 4.79 Å². The lowest BCUT2D eigenvalue weighted by atomic mass is 9.97. The minimum Gasteiger partial charge on any atom is -0.410 e. The Bertz CT molecular complexity index is 808. The number of nitrogens with zero attached hydrogens (tertiary/aromatic N) is 4. The van der Waals surface area contributed by atoms with Crippen LogP contribution in [-0.4, -0.2) is 58.7 Å². The monoisotopic (exact) mass is 390 g/mol. The maximum Gasteiger partial charge on any atom is 0.422 e. The summed E-state index contributed by atoms with van der Waals surface area (Å²) in [5.74, 6) is 0.643. The molecule has 28 heavy (non-hydrogen) atoms. The molecule has 1 aromatic carbocycles. The van der Waals surface area contributed by atoms with Crippen LogP contribution in [0.25, 0.3) is 0 Å². The van der Waals surface area contributed by atoms with Gasteiger partial charge in [-0.1, -0.05) is 6.07 Å². The summed E-state index contributed by atoms with van der Waals surface area (Å²) in [7, 11) is 0. The summed E-state index contributed by atoms with van der Waals surface area (Å²) in [6, 6.07) is 5.34. The number of rotatable bonds is 4. The first-order valence-corrected chi connectivity index (χ1v) is 9.33. The number of hydrazone groups is 1. The second kappa shape index (κ2) is 7.75. The van der Waals surface area contributed by atoms with Gasteiger partial charge in [-0.25, -0.2) is 19.8 Å². The zero-order chi connectivity index (χ0) is 20.5. The first-order chi connectivity index (χ1) is 13.1. The highest BCUT2D eigenvalue weighted by atomic mass is 16.7. The topological polar surface area (TPSA) is 97.5 Å². The van der Waals surface area contributed by atoms with E-state index in [1.54, 1.807) is 17.0 Å². The molecule has 1 aromatic rings. The van der Waals surface area contributed by atoms with E-state index < -0.39 is 11.1 Å². The molecule has 1 amide bonds. The lowest BCUT2D eigenvalue weighted by Gasteiger charge is -2.22. The van der Waals surface area contributed by atoms with Gasteiger partial charge in [-0.3, -0.25) is 0 Å². The standard InChI is InChI=1S/C19H26N4O5/c1-13-5-6-16(9-14(13)2)28-18(24)22-8-7-21(17(22)20-23(25)26)11-15-10-19(3,4)27-12-15/h5-6,9,15H,7-8,10-12H2,1-4H3. The third kappa shape index (κ3) is 4.59. The van der Waals surface area contributed by atoms with Gasteiger partial charge in [0.25, 0.3) is 5.96 Å². The van der Waals surface area contributed by atoms with E-state index in [1.165, 1.54) is 4.90 Å². The summed E-state index contributed by atoms with van der Waals surface area (Å²) < 4.78 is 11.2. The number of hydrogen-bond acceptors (Lipinski definition) is 5. The Labute approximate surface area is 164 Å². The van der Waals surface area contributed by atoms with Gasteiger partial charge in [0.1, 0.15) is 10.9 Å². The molecule has 2 aliphatic rings. The Balaban J connectivity index is 1.72. The minimum absolute atomic E-state index is 0.0172. The summed E-state index contributed by atoms with van der Waals surface area (Å²) in [6.07, 6.45) is 0.178. The molecule has 0 aromatic heterocycles. The smallest absolute Gasteiger partial charge is 0.410 e. The Morgan fingerprint density at radius 1 is 1.36 bits per heavy atom. The number of nitro groups is 1. The predicted octanol–water partition coefficient (Wildman–Crippen LogP) is 2.78. The Hall–Kier alpha value is -2.68. The highest BCUT2D eigenvalue weighted by molar-refractivity contribution is 5.96. The van der Waals surface area contributed by atoms with Gasteiger partial charge in [0, 0.05) is 19.0 Å². The van der Waals surface area contributed by atoms with E-state index in [0.717, 1.165) is 17.5 Å². The molecule has 1 unspecified atom stereocenters. The normalized spacial score (nSPS) is 22.7. The van der Waals surface area contributed by atoms with Crippen molar-refractivity contribution in [3.05, 3.63) is 39.4 Å². The van der Waals surface area contributed by atoms with E-state index in [4.69, 9.17) is 9.47 Å². The van der Waals surface area contributed by atoms with E-state index in [1.807, 2.05) is 33.8 Å². The maximum absolute atomic E-state index is 12.6. The summed E-state index contributed by atoms with van der Waals surface area (Å²) in [5, 5.41) is 13.7. The van der Waals surface area contributed by atoms with Crippen LogP contribution < -0.4 is 4.74 Å². The van der Waals surface area contributed by atoms with Gasteiger partial charge < -0.3 is 14.4 Å². The van der Waals surface area contributed by atoms with Crippen LogP contribution in [0.5, 0.6) is 5.75 Å². The van der Waals surface area contributed by atoms with E-state index in [2.05, 4.69) is 5.10 Å². The van der Waals surface area contributed by atoms with Crippen molar-refractivity contribution in [2.75, 3.05) is 26.2 Å². The molecule has 0 aliphatic carbocycles. The van der Waals surface area contributed by atoms with Crippen LogP contribution in [0, 0.1) is 29.9 Å². The van der Waals surface area contributed by atoms with Crippen molar-refractivity contribution >= 4 is 12.1 Å². The van der Waals surface area contributed by atoms with Gasteiger partial charge in [-0.05, 0) is 57.4 Å². The number of ether oxygens (including phenoxy) is 2. The highest BCUT2D eigenvalue weighted by Crippen LogP contribution is 2.30. The highest BCUT2D eigenvalue weighted by Gasteiger charge is 2.39. The SMILES string of the molecule is Cc1ccc(OC(=O)N2CCN(CC3COC(C)(C)C3)C2=N[N+](=O)[O-])cc1C. The van der Waals surface area contributed by atoms with Gasteiger partial charge >= 0.3 is 6.09 Å². The Kier molecular flexibility index (Phi) is 5.55. The largest absolute Gasteiger partial charge is 0.422 e. The van der Waals surface area contributed by atoms with Crippen molar-refractivity contribution in [2.24, 2.45) is 11.0 Å². The average Bonchev–Trinajstić information content (AvgIpc) is 3.14. The fraction of sp³-hybridized carbons (Fsp3) is 0.579. The molecule has 2 saturated heterocycles. The summed E-state index contributed by atoms with van der Waals surface area (Å²) in [4.78, 5) is 26.7. The number of amides is 1. The molecule has 0 spiro atoms. The number of carbonyl (C=O) groups is 1. The van der Waals surface area contributed by atoms with Crippen LogP contribution in [0.2, 0.25) is 0 Å². The van der Waals surface area contributed by atoms with Crippen molar-refractivity contribution < 1.29 is 19.3 Å². The Morgan fingerprint density at radius 3 is 2.71 bits per heavy atom. The van der Waals surface area contributed by atoms with Crippen LogP contribution in [0.15, 0.2) is 23.3 Å². The summed E-state index contributed by atoms with van der Waals surface area (Å²) in [5.41, 5.74) is 1.88. The third-order valence-electron chi connectivity index (χ3n) is 5.16. The van der Waals surface area contributed by atoms with E-state index in [-0.39, 0.29) is 24.0 Å². The second-order valence-corrected chi connectivity index (χ2v) is 7.99. The van der Waals surface area contributed by atoms with Crippen LogP contribution in [0.1, 0.15) is 31.4 Å². The quantitative estimate of drug-likeness (QED) is 0.579. The maximum atomic E-state index is 12.6. The number of aryl methyl sites for hydroxylation is 2. The molecule has 0 N–H and O–H groups in total. The van der Waals surface area contributed by atoms with Crippen LogP contribution in [0.3, 0.4) is 0 Å². The zero-order valence-electron chi connectivity index (χ0n) is 16.7. The third-order valence-corrected chi connectivity index (χ3v) is 5.16. The van der Waals surface area contributed by atoms with Crippen molar-refractivity contribution in [3.63, 3.8) is 0 Å². The van der Waals surface area contributed by atoms with E-state index in [0.29, 0.717) is 25.4 Å². The van der Waals surface area contributed by atoms with Gasteiger partial charge in [0.05, 0.1) is 18.8 Å². The Morgan fingerprint density at radius 2 is 2.11 bits per heavy atom. The van der Waals surface area contributed by atoms with Gasteiger partial charge in [0.2, 0.25) is 0 Å². The molecule has 2 fully saturated rings. The van der Waals surface area contributed by atoms with Crippen molar-refractivity contribution in [1.82, 2.24) is 9.80 Å². The molecule has 2 aliphatic heterocycles. The molecule has 0 radical (unpaired) electrons. The molecular formula is C19H26N4O5. The molecule has 152 valence electrons. The fourth-order valence-electron chi connectivity index (χ4n) is 3.65. The first kappa shape index (κ1) is 20.1. The molecular weight excluding hydrogens is 364 g/mol. The van der Waals surface area contributed by atoms with Crippen LogP contribution >= 0.6 is 0 Å². The lowest BCUT2D eigenvalue weighted by Crippen LogP contribution is -2.41. The van der Waals surface area contributed by atoms with Crippen molar-refractivity contribution in [1.29, 1.82) is 0 Å². The summed E-state index contributed by atoms with van der Waals surface area (Å²) >= 11 is 0. The number of hydrogen-bond donors (Lipinski definition) is 0. The second-order valence-electron chi connectivity index (χ2n) is 7.99. The molecule has 0 bridgehead atoms. The number of benzene rings is 1. The van der Waals surface area contributed by atoms with Crippen LogP contribution in [-0.2, 0) is 4.74 Å². The van der Waals surface area contributed by atoms with Crippen molar-refractivity contribution in [2.45, 2.75) is 39.7 Å². The predicted molar refractivity (Wildman–Crippen MR) is 103 cm³/mol. The zero-order valence-corrected chi connectivity index (χ0v) is 16.7. The average molecular weight is 390 g/mol. The molecule has 3 rings (SSSR count). The molecule has 1 atom stereocenters. The molecule has 9 nitrogen and oxygen atoms in total. The minimum atomic E-state index is -0.779. The summed E-state index contributed by atoms with van der Waals surface area (Å²) in [6.45, 7) is 9.82. The van der Waals surface area contributed by atoms with Crippen molar-refractivity contribution in [3.8, 4) is 5.75 Å². The fourth-order valence-corrected chi connectivity index (χ4v) is 3.65. The van der Waals surface area contributed by atoms with E-state index in [9.17, 15) is 14.9 Å². The first-order valence-electron chi connectivity index (χ1n) is 9.33. The van der Waals surface area contributed by atoms with E-state index >= 15 is 0 Å². The number of guanidine groups is 1. The van der Waals surface area contributed by atoms with Gasteiger partial charge in [-0.15, -0.1) is 0 Å². The number of carbonyl (C=O) groups excluding carboxylic acids is 1. The van der Waals surface area contributed by atoms with Gasteiger partial charge in [0.15, 0.2) is 5.03 Å². The van der Waals surface area contributed by atoms with Gasteiger partial charge in [-0.2, -0.15) is 0 Å². The molecule has 0 saturated carbocycles. The lowest BCUT2D eigenvalue weighted by molar-refractivity contribution is -0.486. The molecule has 2 heterocycles.